The molecule has 0 spiro atoms. The first-order valence-corrected chi connectivity index (χ1v) is 17.8. The number of hydrogen-bond donors (Lipinski definition) is 1. The minimum absolute atomic E-state index is 0.00979. The number of carbonyl (C=O) groups excluding carboxylic acids is 2. The molecular weight excluding hydrogens is 756 g/mol. The van der Waals surface area contributed by atoms with Crippen LogP contribution >= 0.6 is 11.6 Å². The highest BCUT2D eigenvalue weighted by molar-refractivity contribution is 6.32. The molecule has 4 aromatic rings. The van der Waals surface area contributed by atoms with Gasteiger partial charge in [0.2, 0.25) is 0 Å². The Kier molecular flexibility index (Phi) is 9.49. The third-order valence-corrected chi connectivity index (χ3v) is 10.4. The molecule has 1 aliphatic heterocycles. The fourth-order valence-electron chi connectivity index (χ4n) is 6.99. The van der Waals surface area contributed by atoms with Crippen molar-refractivity contribution in [2.24, 2.45) is 21.6 Å². The first kappa shape index (κ1) is 38.3. The summed E-state index contributed by atoms with van der Waals surface area (Å²) < 4.78 is 92.8. The molecule has 0 bridgehead atoms. The Morgan fingerprint density at radius 2 is 1.84 bits per heavy atom. The van der Waals surface area contributed by atoms with E-state index in [1.807, 2.05) is 20.8 Å². The third kappa shape index (κ3) is 7.27. The summed E-state index contributed by atoms with van der Waals surface area (Å²) in [6, 6.07) is 7.05. The SMILES string of the molecule is CC(C)(C)C[C@]1(c2ccc(-c3cn(C4CC4)nn3)c(F)c2)N=C(N)N([C@H](COC(=O)CC2(C(F)(F)F)CC2)c2ccc(Cl)c(-n3ncnc3C(F)F)c2)C1=O. The number of hydrogen-bond acceptors (Lipinski definition) is 9. The molecular formula is C36H36ClF6N9O3. The lowest BCUT2D eigenvalue weighted by Crippen LogP contribution is -2.47. The maximum absolute atomic E-state index is 16.0. The summed E-state index contributed by atoms with van der Waals surface area (Å²) in [5.74, 6) is -3.75. The fraction of sp³-hybridized carbons (Fsp3) is 0.472. The van der Waals surface area contributed by atoms with Crippen molar-refractivity contribution in [3.8, 4) is 16.9 Å². The molecule has 2 fully saturated rings. The summed E-state index contributed by atoms with van der Waals surface area (Å²) >= 11 is 6.43. The second-order valence-electron chi connectivity index (χ2n) is 15.4. The van der Waals surface area contributed by atoms with E-state index in [1.165, 1.54) is 36.4 Å². The minimum atomic E-state index is -4.64. The van der Waals surface area contributed by atoms with Gasteiger partial charge in [-0.25, -0.2) is 32.5 Å². The Labute approximate surface area is 315 Å². The molecule has 2 saturated carbocycles. The zero-order chi connectivity index (χ0) is 39.7. The minimum Gasteiger partial charge on any atom is -0.463 e. The molecule has 2 aromatic heterocycles. The van der Waals surface area contributed by atoms with Crippen LogP contribution in [-0.4, -0.2) is 65.3 Å². The van der Waals surface area contributed by atoms with Gasteiger partial charge in [-0.2, -0.15) is 18.3 Å². The molecule has 292 valence electrons. The average molecular weight is 792 g/mol. The average Bonchev–Trinajstić information content (AvgIpc) is 3.97. The maximum atomic E-state index is 16.0. The van der Waals surface area contributed by atoms with Crippen molar-refractivity contribution in [2.45, 2.75) is 89.5 Å². The highest BCUT2D eigenvalue weighted by Gasteiger charge is 2.64. The Morgan fingerprint density at radius 1 is 1.11 bits per heavy atom. The van der Waals surface area contributed by atoms with Crippen LogP contribution in [-0.2, 0) is 19.9 Å². The second kappa shape index (κ2) is 13.6. The van der Waals surface area contributed by atoms with Gasteiger partial charge in [0.1, 0.15) is 24.4 Å². The van der Waals surface area contributed by atoms with Gasteiger partial charge in [0, 0.05) is 5.56 Å². The first-order chi connectivity index (χ1) is 25.8. The number of ether oxygens (including phenoxy) is 1. The molecule has 2 atom stereocenters. The molecule has 2 N–H and O–H groups in total. The quantitative estimate of drug-likeness (QED) is 0.115. The number of carbonyl (C=O) groups is 2. The van der Waals surface area contributed by atoms with Crippen LogP contribution in [0.1, 0.15) is 94.8 Å². The van der Waals surface area contributed by atoms with E-state index in [-0.39, 0.29) is 58.7 Å². The van der Waals surface area contributed by atoms with Crippen molar-refractivity contribution in [1.29, 1.82) is 0 Å². The van der Waals surface area contributed by atoms with Crippen LogP contribution in [0.4, 0.5) is 26.3 Å². The van der Waals surface area contributed by atoms with Crippen LogP contribution in [0.15, 0.2) is 53.9 Å². The summed E-state index contributed by atoms with van der Waals surface area (Å²) in [7, 11) is 0. The molecule has 2 aromatic carbocycles. The molecule has 3 aliphatic rings. The van der Waals surface area contributed by atoms with E-state index in [2.05, 4.69) is 25.4 Å². The van der Waals surface area contributed by atoms with E-state index < -0.39 is 71.6 Å². The number of nitrogens with two attached hydrogens (primary N) is 1. The smallest absolute Gasteiger partial charge is 0.395 e. The van der Waals surface area contributed by atoms with E-state index in [9.17, 15) is 31.5 Å². The molecule has 0 radical (unpaired) electrons. The topological polar surface area (TPSA) is 146 Å². The first-order valence-electron chi connectivity index (χ1n) is 17.4. The van der Waals surface area contributed by atoms with Gasteiger partial charge >= 0.3 is 12.1 Å². The molecule has 12 nitrogen and oxygen atoms in total. The van der Waals surface area contributed by atoms with E-state index in [0.717, 1.165) is 28.8 Å². The van der Waals surface area contributed by atoms with Crippen molar-refractivity contribution >= 4 is 29.4 Å². The van der Waals surface area contributed by atoms with Crippen molar-refractivity contribution in [3.05, 3.63) is 76.7 Å². The van der Waals surface area contributed by atoms with Crippen LogP contribution < -0.4 is 5.73 Å². The van der Waals surface area contributed by atoms with Crippen molar-refractivity contribution < 1.29 is 40.7 Å². The van der Waals surface area contributed by atoms with Crippen LogP contribution in [0, 0.1) is 16.6 Å². The van der Waals surface area contributed by atoms with Gasteiger partial charge in [-0.15, -0.1) is 5.10 Å². The number of rotatable bonds is 12. The lowest BCUT2D eigenvalue weighted by atomic mass is 9.75. The van der Waals surface area contributed by atoms with Gasteiger partial charge in [0.25, 0.3) is 12.3 Å². The van der Waals surface area contributed by atoms with E-state index in [4.69, 9.17) is 22.1 Å². The van der Waals surface area contributed by atoms with Gasteiger partial charge in [0.15, 0.2) is 17.3 Å². The number of guanidine groups is 1. The summed E-state index contributed by atoms with van der Waals surface area (Å²) in [4.78, 5) is 37.2. The van der Waals surface area contributed by atoms with E-state index in [0.29, 0.717) is 5.69 Å². The fourth-order valence-corrected chi connectivity index (χ4v) is 7.18. The molecule has 2 aliphatic carbocycles. The lowest BCUT2D eigenvalue weighted by molar-refractivity contribution is -0.195. The zero-order valence-electron chi connectivity index (χ0n) is 29.8. The van der Waals surface area contributed by atoms with Gasteiger partial charge in [-0.3, -0.25) is 14.5 Å². The van der Waals surface area contributed by atoms with Crippen LogP contribution in [0.5, 0.6) is 0 Å². The van der Waals surface area contributed by atoms with Gasteiger partial charge in [-0.1, -0.05) is 49.7 Å². The number of alkyl halides is 5. The molecule has 7 rings (SSSR count). The van der Waals surface area contributed by atoms with E-state index >= 15 is 4.39 Å². The number of aromatic nitrogens is 6. The Morgan fingerprint density at radius 3 is 2.45 bits per heavy atom. The Bertz CT molecular complexity index is 2170. The summed E-state index contributed by atoms with van der Waals surface area (Å²) in [6.45, 7) is 4.81. The summed E-state index contributed by atoms with van der Waals surface area (Å²) in [5.41, 5.74) is 2.50. The number of benzene rings is 2. The van der Waals surface area contributed by atoms with Crippen molar-refractivity contribution in [2.75, 3.05) is 6.61 Å². The zero-order valence-corrected chi connectivity index (χ0v) is 30.6. The van der Waals surface area contributed by atoms with Gasteiger partial charge < -0.3 is 10.5 Å². The lowest BCUT2D eigenvalue weighted by Gasteiger charge is -2.35. The largest absolute Gasteiger partial charge is 0.463 e. The van der Waals surface area contributed by atoms with E-state index in [1.54, 1.807) is 10.9 Å². The Balaban J connectivity index is 1.28. The molecule has 1 amide bonds. The monoisotopic (exact) mass is 791 g/mol. The molecule has 0 saturated heterocycles. The highest BCUT2D eigenvalue weighted by atomic mass is 35.5. The van der Waals surface area contributed by atoms with Crippen molar-refractivity contribution in [1.82, 2.24) is 34.7 Å². The molecule has 55 heavy (non-hydrogen) atoms. The van der Waals surface area contributed by atoms with Crippen molar-refractivity contribution in [3.63, 3.8) is 0 Å². The number of halogens is 7. The summed E-state index contributed by atoms with van der Waals surface area (Å²) in [5, 5.41) is 12.0. The molecule has 0 unspecified atom stereocenters. The molecule has 19 heteroatoms. The number of nitrogens with zero attached hydrogens (tertiary/aromatic N) is 8. The van der Waals surface area contributed by atoms with Crippen LogP contribution in [0.3, 0.4) is 0 Å². The highest BCUT2D eigenvalue weighted by Crippen LogP contribution is 2.60. The molecule has 3 heterocycles. The summed E-state index contributed by atoms with van der Waals surface area (Å²) in [6.07, 6.45) is -4.68. The number of esters is 1. The number of aliphatic imine (C=N–C) groups is 1. The van der Waals surface area contributed by atoms with Gasteiger partial charge in [-0.05, 0) is 72.9 Å². The van der Waals surface area contributed by atoms with Crippen LogP contribution in [0.25, 0.3) is 16.9 Å². The number of amides is 1. The standard InChI is InChI=1S/C36H36ClF6N9O3/c1-33(2,3)17-35(20-5-8-22(24(38)13-20)25-15-50(49-48-25)21-6-7-21)31(54)51(32(44)47-35)27(16-55-28(53)14-34(10-11-34)36(41,42)43)19-4-9-23(37)26(12-19)52-30(29(39)40)45-18-46-52/h4-5,8-9,12-13,15,18,21,27,29H,6-7,10-11,14,16-17H2,1-3H3,(H2,44,47)/t27-,35-/m1/s1. The Hall–Kier alpha value is -5.00. The maximum Gasteiger partial charge on any atom is 0.395 e. The third-order valence-electron chi connectivity index (χ3n) is 10.1. The normalized spacial score (nSPS) is 20.2. The van der Waals surface area contributed by atoms with Gasteiger partial charge in [0.05, 0.1) is 40.8 Å². The predicted molar refractivity (Wildman–Crippen MR) is 185 cm³/mol. The predicted octanol–water partition coefficient (Wildman–Crippen LogP) is 7.40. The second-order valence-corrected chi connectivity index (χ2v) is 15.9. The van der Waals surface area contributed by atoms with Crippen LogP contribution in [0.2, 0.25) is 5.02 Å².